The molecule has 0 aliphatic heterocycles. The van der Waals surface area contributed by atoms with Gasteiger partial charge in [0, 0.05) is 6.42 Å². The highest BCUT2D eigenvalue weighted by Gasteiger charge is 2.17. The molecule has 0 atom stereocenters. The van der Waals surface area contributed by atoms with Crippen LogP contribution >= 0.6 is 0 Å². The van der Waals surface area contributed by atoms with Crippen LogP contribution in [0.15, 0.2) is 9.32 Å². The first-order valence-corrected chi connectivity index (χ1v) is 8.34. The third kappa shape index (κ3) is 3.88. The van der Waals surface area contributed by atoms with Gasteiger partial charge in [-0.15, -0.1) is 0 Å². The van der Waals surface area contributed by atoms with Crippen LogP contribution in [0.1, 0.15) is 62.7 Å². The molecular formula is C17H23N5O2. The van der Waals surface area contributed by atoms with Crippen LogP contribution in [0, 0.1) is 17.2 Å². The number of hydrogen-bond acceptors (Lipinski definition) is 6. The highest BCUT2D eigenvalue weighted by Crippen LogP contribution is 2.11. The van der Waals surface area contributed by atoms with Gasteiger partial charge in [0.15, 0.2) is 5.82 Å². The second kappa shape index (κ2) is 7.86. The Morgan fingerprint density at radius 2 is 2.04 bits per heavy atom. The van der Waals surface area contributed by atoms with E-state index in [1.165, 1.54) is 4.68 Å². The highest BCUT2D eigenvalue weighted by molar-refractivity contribution is 5.38. The molecule has 0 saturated heterocycles. The first kappa shape index (κ1) is 17.9. The summed E-state index contributed by atoms with van der Waals surface area (Å²) in [6.07, 6.45) is 2.97. The van der Waals surface area contributed by atoms with Gasteiger partial charge in [-0.05, 0) is 30.7 Å². The summed E-state index contributed by atoms with van der Waals surface area (Å²) in [5.41, 5.74) is 1.23. The minimum Gasteiger partial charge on any atom is -0.337 e. The van der Waals surface area contributed by atoms with Crippen molar-refractivity contribution >= 4 is 0 Å². The Bertz CT molecular complexity index is 798. The number of hydrogen-bond donors (Lipinski definition) is 0. The van der Waals surface area contributed by atoms with E-state index in [2.05, 4.69) is 29.1 Å². The van der Waals surface area contributed by atoms with Gasteiger partial charge < -0.3 is 4.52 Å². The fraction of sp³-hybridized carbons (Fsp3) is 0.588. The summed E-state index contributed by atoms with van der Waals surface area (Å²) >= 11 is 0. The number of aromatic nitrogens is 4. The molecule has 2 aromatic heterocycles. The fourth-order valence-electron chi connectivity index (χ4n) is 2.54. The first-order valence-electron chi connectivity index (χ1n) is 8.34. The predicted octanol–water partition coefficient (Wildman–Crippen LogP) is 2.26. The maximum Gasteiger partial charge on any atom is 0.285 e. The predicted molar refractivity (Wildman–Crippen MR) is 88.5 cm³/mol. The van der Waals surface area contributed by atoms with Gasteiger partial charge >= 0.3 is 0 Å². The number of nitriles is 1. The summed E-state index contributed by atoms with van der Waals surface area (Å²) in [5, 5.41) is 17.6. The molecule has 0 radical (unpaired) electrons. The van der Waals surface area contributed by atoms with E-state index >= 15 is 0 Å². The molecule has 0 N–H and O–H groups in total. The summed E-state index contributed by atoms with van der Waals surface area (Å²) in [6, 6.07) is 2.01. The lowest BCUT2D eigenvalue weighted by Gasteiger charge is -2.10. The molecule has 0 saturated carbocycles. The third-order valence-electron chi connectivity index (χ3n) is 3.88. The molecular weight excluding hydrogens is 306 g/mol. The second-order valence-corrected chi connectivity index (χ2v) is 6.12. The average molecular weight is 329 g/mol. The maximum absolute atomic E-state index is 12.5. The largest absolute Gasteiger partial charge is 0.337 e. The molecule has 0 bridgehead atoms. The number of aryl methyl sites for hydroxylation is 2. The van der Waals surface area contributed by atoms with E-state index in [1.54, 1.807) is 0 Å². The monoisotopic (exact) mass is 329 g/mol. The average Bonchev–Trinajstić information content (AvgIpc) is 3.01. The van der Waals surface area contributed by atoms with Crippen LogP contribution in [-0.4, -0.2) is 19.9 Å². The Hall–Kier alpha value is -2.49. The van der Waals surface area contributed by atoms with Gasteiger partial charge in [-0.2, -0.15) is 15.3 Å². The van der Waals surface area contributed by atoms with E-state index in [1.807, 2.05) is 19.9 Å². The Labute approximate surface area is 141 Å². The van der Waals surface area contributed by atoms with Crippen molar-refractivity contribution < 1.29 is 4.52 Å². The smallest absolute Gasteiger partial charge is 0.285 e. The molecule has 0 amide bonds. The van der Waals surface area contributed by atoms with Crippen LogP contribution in [0.4, 0.5) is 0 Å². The maximum atomic E-state index is 12.5. The second-order valence-electron chi connectivity index (χ2n) is 6.12. The molecule has 0 aliphatic rings. The molecule has 0 unspecified atom stereocenters. The van der Waals surface area contributed by atoms with Crippen LogP contribution in [0.2, 0.25) is 0 Å². The minimum atomic E-state index is -0.409. The van der Waals surface area contributed by atoms with E-state index in [0.29, 0.717) is 30.5 Å². The Kier molecular flexibility index (Phi) is 5.85. The van der Waals surface area contributed by atoms with Gasteiger partial charge in [-0.25, -0.2) is 4.68 Å². The van der Waals surface area contributed by atoms with Crippen molar-refractivity contribution in [1.29, 1.82) is 5.26 Å². The van der Waals surface area contributed by atoms with Gasteiger partial charge in [-0.3, -0.25) is 4.79 Å². The highest BCUT2D eigenvalue weighted by atomic mass is 16.5. The van der Waals surface area contributed by atoms with Crippen LogP contribution in [0.3, 0.4) is 0 Å². The van der Waals surface area contributed by atoms with E-state index in [0.717, 1.165) is 24.1 Å². The van der Waals surface area contributed by atoms with E-state index < -0.39 is 5.56 Å². The van der Waals surface area contributed by atoms with Gasteiger partial charge in [0.1, 0.15) is 18.2 Å². The molecule has 2 aromatic rings. The Balaban J connectivity index is 2.30. The molecule has 0 spiro atoms. The lowest BCUT2D eigenvalue weighted by atomic mass is 10.0. The molecule has 7 nitrogen and oxygen atoms in total. The lowest BCUT2D eigenvalue weighted by Crippen LogP contribution is -2.29. The van der Waals surface area contributed by atoms with Crippen molar-refractivity contribution in [2.24, 2.45) is 5.92 Å². The molecule has 0 aliphatic carbocycles. The zero-order chi connectivity index (χ0) is 17.7. The molecule has 2 heterocycles. The summed E-state index contributed by atoms with van der Waals surface area (Å²) in [5.74, 6) is 1.52. The zero-order valence-electron chi connectivity index (χ0n) is 14.7. The van der Waals surface area contributed by atoms with Crippen molar-refractivity contribution in [3.63, 3.8) is 0 Å². The number of nitrogens with zero attached hydrogens (tertiary/aromatic N) is 5. The van der Waals surface area contributed by atoms with Crippen molar-refractivity contribution in [1.82, 2.24) is 19.9 Å². The minimum absolute atomic E-state index is 0.0825. The Morgan fingerprint density at radius 1 is 1.29 bits per heavy atom. The van der Waals surface area contributed by atoms with Crippen molar-refractivity contribution in [3.8, 4) is 6.07 Å². The molecule has 0 fully saturated rings. The van der Waals surface area contributed by atoms with Crippen LogP contribution < -0.4 is 5.56 Å². The third-order valence-corrected chi connectivity index (χ3v) is 3.88. The van der Waals surface area contributed by atoms with E-state index in [9.17, 15) is 10.1 Å². The van der Waals surface area contributed by atoms with Gasteiger partial charge in [-0.1, -0.05) is 32.9 Å². The standard InChI is InChI=1S/C17H23N5O2/c1-5-12-13(9-18)17(23)22(20-14(12)6-2)10-16-19-15(21-24-16)8-7-11(3)4/h11H,5-8,10H2,1-4H3. The molecule has 128 valence electrons. The number of rotatable bonds is 7. The summed E-state index contributed by atoms with van der Waals surface area (Å²) < 4.78 is 6.46. The van der Waals surface area contributed by atoms with Gasteiger partial charge in [0.25, 0.3) is 5.56 Å². The van der Waals surface area contributed by atoms with Gasteiger partial charge in [0.05, 0.1) is 5.69 Å². The lowest BCUT2D eigenvalue weighted by molar-refractivity contribution is 0.356. The SMILES string of the molecule is CCc1nn(Cc2nc(CCC(C)C)no2)c(=O)c(C#N)c1CC. The van der Waals surface area contributed by atoms with Crippen molar-refractivity contribution in [2.45, 2.75) is 59.9 Å². The zero-order valence-corrected chi connectivity index (χ0v) is 14.7. The first-order chi connectivity index (χ1) is 11.5. The topological polar surface area (TPSA) is 97.6 Å². The summed E-state index contributed by atoms with van der Waals surface area (Å²) in [7, 11) is 0. The van der Waals surface area contributed by atoms with E-state index in [-0.39, 0.29) is 12.1 Å². The molecule has 24 heavy (non-hydrogen) atoms. The molecule has 7 heteroatoms. The Morgan fingerprint density at radius 3 is 2.62 bits per heavy atom. The van der Waals surface area contributed by atoms with Crippen LogP contribution in [0.25, 0.3) is 0 Å². The quantitative estimate of drug-likeness (QED) is 0.773. The fourth-order valence-corrected chi connectivity index (χ4v) is 2.54. The van der Waals surface area contributed by atoms with Crippen molar-refractivity contribution in [2.75, 3.05) is 0 Å². The normalized spacial score (nSPS) is 11.0. The van der Waals surface area contributed by atoms with Gasteiger partial charge in [0.2, 0.25) is 5.89 Å². The molecule has 0 aromatic carbocycles. The van der Waals surface area contributed by atoms with Crippen LogP contribution in [-0.2, 0) is 25.8 Å². The van der Waals surface area contributed by atoms with E-state index in [4.69, 9.17) is 4.52 Å². The molecule has 2 rings (SSSR count). The van der Waals surface area contributed by atoms with Crippen LogP contribution in [0.5, 0.6) is 0 Å². The van der Waals surface area contributed by atoms with Crippen molar-refractivity contribution in [3.05, 3.63) is 38.9 Å². The summed E-state index contributed by atoms with van der Waals surface area (Å²) in [4.78, 5) is 16.8. The summed E-state index contributed by atoms with van der Waals surface area (Å²) in [6.45, 7) is 8.22.